The summed E-state index contributed by atoms with van der Waals surface area (Å²) < 4.78 is 13.6. The number of hydrogen-bond donors (Lipinski definition) is 0. The fourth-order valence-electron chi connectivity index (χ4n) is 2.55. The zero-order chi connectivity index (χ0) is 13.5. The molecule has 0 bridgehead atoms. The number of hydrogen-bond acceptors (Lipinski definition) is 2. The molecule has 1 heterocycles. The molecule has 0 aromatic carbocycles. The average molecular weight is 267 g/mol. The molecule has 1 aliphatic rings. The van der Waals surface area contributed by atoms with E-state index >= 15 is 0 Å². The third-order valence-electron chi connectivity index (χ3n) is 3.68. The zero-order valence-corrected chi connectivity index (χ0v) is 12.3. The van der Waals surface area contributed by atoms with Crippen molar-refractivity contribution < 1.29 is 9.00 Å². The van der Waals surface area contributed by atoms with E-state index in [2.05, 4.69) is 18.4 Å². The van der Waals surface area contributed by atoms with E-state index in [1.807, 2.05) is 19.2 Å². The summed E-state index contributed by atoms with van der Waals surface area (Å²) in [5.74, 6) is 0.241. The first-order valence-electron chi connectivity index (χ1n) is 6.33. The zero-order valence-electron chi connectivity index (χ0n) is 11.5. The molecular formula is C14H21NO2S. The van der Waals surface area contributed by atoms with Crippen LogP contribution in [-0.2, 0) is 23.8 Å². The molecule has 1 aromatic rings. The summed E-state index contributed by atoms with van der Waals surface area (Å²) in [5.41, 5.74) is 2.02. The first-order chi connectivity index (χ1) is 8.30. The number of nitrogens with zero attached hydrogens (tertiary/aromatic N) is 1. The normalized spacial score (nSPS) is 21.4. The van der Waals surface area contributed by atoms with Gasteiger partial charge in [0.15, 0.2) is 5.78 Å². The molecule has 2 unspecified atom stereocenters. The van der Waals surface area contributed by atoms with Crippen molar-refractivity contribution in [3.05, 3.63) is 23.5 Å². The predicted octanol–water partition coefficient (Wildman–Crippen LogP) is 2.41. The van der Waals surface area contributed by atoms with Crippen LogP contribution in [-0.4, -0.2) is 26.1 Å². The number of ketones is 1. The van der Waals surface area contributed by atoms with Gasteiger partial charge in [-0.1, -0.05) is 13.8 Å². The van der Waals surface area contributed by atoms with Crippen LogP contribution >= 0.6 is 0 Å². The van der Waals surface area contributed by atoms with Crippen LogP contribution in [0.15, 0.2) is 12.3 Å². The minimum atomic E-state index is -0.829. The smallest absolute Gasteiger partial charge is 0.165 e. The molecule has 3 nitrogen and oxygen atoms in total. The molecule has 0 fully saturated rings. The van der Waals surface area contributed by atoms with E-state index in [1.54, 1.807) is 6.26 Å². The van der Waals surface area contributed by atoms with E-state index in [0.29, 0.717) is 6.42 Å². The van der Waals surface area contributed by atoms with Gasteiger partial charge in [-0.05, 0) is 24.8 Å². The number of aromatic nitrogens is 1. The maximum absolute atomic E-state index is 12.1. The van der Waals surface area contributed by atoms with Gasteiger partial charge in [0.1, 0.15) is 0 Å². The van der Waals surface area contributed by atoms with Gasteiger partial charge in [0.05, 0.1) is 0 Å². The molecule has 0 N–H and O–H groups in total. The van der Waals surface area contributed by atoms with Crippen LogP contribution in [0, 0.1) is 5.41 Å². The lowest BCUT2D eigenvalue weighted by molar-refractivity contribution is 0.0910. The second-order valence-electron chi connectivity index (χ2n) is 6.08. The Kier molecular flexibility index (Phi) is 3.49. The summed E-state index contributed by atoms with van der Waals surface area (Å²) in [5, 5.41) is 0.113. The maximum Gasteiger partial charge on any atom is 0.165 e. The molecule has 0 saturated carbocycles. The highest BCUT2D eigenvalue weighted by atomic mass is 32.2. The van der Waals surface area contributed by atoms with Crippen molar-refractivity contribution in [2.45, 2.75) is 45.4 Å². The molecule has 2 rings (SSSR count). The van der Waals surface area contributed by atoms with Gasteiger partial charge in [-0.3, -0.25) is 9.00 Å². The molecule has 4 heteroatoms. The SMILES string of the molecule is CC(Cn1ccc2c1CC(C)(C)CC2=O)S(C)=O. The molecule has 2 atom stereocenters. The van der Waals surface area contributed by atoms with Gasteiger partial charge in [0.2, 0.25) is 0 Å². The van der Waals surface area contributed by atoms with Crippen molar-refractivity contribution in [3.8, 4) is 0 Å². The summed E-state index contributed by atoms with van der Waals surface area (Å²) in [6, 6.07) is 1.91. The largest absolute Gasteiger partial charge is 0.349 e. The highest BCUT2D eigenvalue weighted by Crippen LogP contribution is 2.35. The first kappa shape index (κ1) is 13.5. The van der Waals surface area contributed by atoms with Crippen LogP contribution in [0.3, 0.4) is 0 Å². The second kappa shape index (κ2) is 4.65. The van der Waals surface area contributed by atoms with Crippen molar-refractivity contribution >= 4 is 16.6 Å². The number of carbonyl (C=O) groups is 1. The Bertz CT molecular complexity index is 502. The number of Topliss-reactive ketones (excluding diaryl/α,β-unsaturated/α-hetero) is 1. The number of carbonyl (C=O) groups excluding carboxylic acids is 1. The molecule has 0 radical (unpaired) electrons. The third kappa shape index (κ3) is 2.58. The van der Waals surface area contributed by atoms with E-state index in [1.165, 1.54) is 0 Å². The van der Waals surface area contributed by atoms with Gasteiger partial charge < -0.3 is 4.57 Å². The molecule has 0 amide bonds. The average Bonchev–Trinajstić information content (AvgIpc) is 2.59. The molecule has 0 spiro atoms. The van der Waals surface area contributed by atoms with E-state index in [-0.39, 0.29) is 16.4 Å². The lowest BCUT2D eigenvalue weighted by Gasteiger charge is -2.30. The Morgan fingerprint density at radius 3 is 2.72 bits per heavy atom. The van der Waals surface area contributed by atoms with Gasteiger partial charge in [0, 0.05) is 52.7 Å². The Labute approximate surface area is 111 Å². The molecule has 0 aliphatic heterocycles. The Balaban J connectivity index is 2.31. The minimum Gasteiger partial charge on any atom is -0.349 e. The van der Waals surface area contributed by atoms with Crippen molar-refractivity contribution in [1.29, 1.82) is 0 Å². The second-order valence-corrected chi connectivity index (χ2v) is 7.88. The predicted molar refractivity (Wildman–Crippen MR) is 74.4 cm³/mol. The monoisotopic (exact) mass is 267 g/mol. The molecule has 100 valence electrons. The Hall–Kier alpha value is -0.900. The topological polar surface area (TPSA) is 39.1 Å². The molecule has 0 saturated heterocycles. The summed E-state index contributed by atoms with van der Waals surface area (Å²) in [6.45, 7) is 6.97. The van der Waals surface area contributed by atoms with Crippen LogP contribution in [0.1, 0.15) is 43.2 Å². The molecular weight excluding hydrogens is 246 g/mol. The summed E-state index contributed by atoms with van der Waals surface area (Å²) in [7, 11) is -0.829. The van der Waals surface area contributed by atoms with Gasteiger partial charge in [-0.25, -0.2) is 0 Å². The van der Waals surface area contributed by atoms with Crippen LogP contribution in [0.5, 0.6) is 0 Å². The number of rotatable bonds is 3. The summed E-state index contributed by atoms with van der Waals surface area (Å²) in [4.78, 5) is 12.1. The van der Waals surface area contributed by atoms with Crippen LogP contribution in [0.25, 0.3) is 0 Å². The molecule has 1 aliphatic carbocycles. The maximum atomic E-state index is 12.1. The Morgan fingerprint density at radius 1 is 1.44 bits per heavy atom. The molecule has 1 aromatic heterocycles. The van der Waals surface area contributed by atoms with Gasteiger partial charge >= 0.3 is 0 Å². The van der Waals surface area contributed by atoms with E-state index in [9.17, 15) is 9.00 Å². The van der Waals surface area contributed by atoms with Crippen LogP contribution in [0.4, 0.5) is 0 Å². The van der Waals surface area contributed by atoms with E-state index in [0.717, 1.165) is 24.2 Å². The van der Waals surface area contributed by atoms with Crippen LogP contribution < -0.4 is 0 Å². The lowest BCUT2D eigenvalue weighted by Crippen LogP contribution is -2.29. The third-order valence-corrected chi connectivity index (χ3v) is 4.97. The van der Waals surface area contributed by atoms with Crippen molar-refractivity contribution in [2.75, 3.05) is 6.26 Å². The highest BCUT2D eigenvalue weighted by molar-refractivity contribution is 7.84. The van der Waals surface area contributed by atoms with Crippen molar-refractivity contribution in [1.82, 2.24) is 4.57 Å². The minimum absolute atomic E-state index is 0.0365. The van der Waals surface area contributed by atoms with Crippen molar-refractivity contribution in [3.63, 3.8) is 0 Å². The quantitative estimate of drug-likeness (QED) is 0.843. The summed E-state index contributed by atoms with van der Waals surface area (Å²) >= 11 is 0. The van der Waals surface area contributed by atoms with Crippen LogP contribution in [0.2, 0.25) is 0 Å². The molecule has 18 heavy (non-hydrogen) atoms. The van der Waals surface area contributed by atoms with Gasteiger partial charge in [0.25, 0.3) is 0 Å². The number of fused-ring (bicyclic) bond motifs is 1. The fourth-order valence-corrected chi connectivity index (χ4v) is 2.93. The first-order valence-corrected chi connectivity index (χ1v) is 7.96. The highest BCUT2D eigenvalue weighted by Gasteiger charge is 2.33. The van der Waals surface area contributed by atoms with Gasteiger partial charge in [-0.2, -0.15) is 0 Å². The standard InChI is InChI=1S/C14H21NO2S/c1-10(18(4)17)9-15-6-5-11-12(15)7-14(2,3)8-13(11)16/h5-6,10H,7-9H2,1-4H3. The van der Waals surface area contributed by atoms with Crippen molar-refractivity contribution in [2.24, 2.45) is 5.41 Å². The lowest BCUT2D eigenvalue weighted by atomic mass is 9.76. The summed E-state index contributed by atoms with van der Waals surface area (Å²) in [6.07, 6.45) is 5.24. The van der Waals surface area contributed by atoms with E-state index < -0.39 is 10.8 Å². The Morgan fingerprint density at radius 2 is 2.11 bits per heavy atom. The fraction of sp³-hybridized carbons (Fsp3) is 0.643. The van der Waals surface area contributed by atoms with Gasteiger partial charge in [-0.15, -0.1) is 0 Å². The van der Waals surface area contributed by atoms with E-state index in [4.69, 9.17) is 0 Å².